The maximum absolute atomic E-state index is 10.9. The van der Waals surface area contributed by atoms with Crippen molar-refractivity contribution >= 4 is 84.4 Å². The van der Waals surface area contributed by atoms with Gasteiger partial charge in [-0.3, -0.25) is 4.90 Å². The van der Waals surface area contributed by atoms with Crippen LogP contribution in [0.4, 0.5) is 51.6 Å². The average Bonchev–Trinajstić information content (AvgIpc) is 3.26. The Labute approximate surface area is 319 Å². The number of nitriles is 3. The zero-order valence-corrected chi connectivity index (χ0v) is 28.9. The van der Waals surface area contributed by atoms with Gasteiger partial charge in [0, 0.05) is 22.7 Å². The summed E-state index contributed by atoms with van der Waals surface area (Å²) in [5.74, 6) is -0.410. The second kappa shape index (κ2) is 14.1. The van der Waals surface area contributed by atoms with Gasteiger partial charge in [0.25, 0.3) is 5.82 Å². The third-order valence-electron chi connectivity index (χ3n) is 9.03. The van der Waals surface area contributed by atoms with Gasteiger partial charge in [0.15, 0.2) is 22.5 Å². The van der Waals surface area contributed by atoms with E-state index in [9.17, 15) is 15.8 Å². The van der Waals surface area contributed by atoms with Crippen molar-refractivity contribution in [2.75, 3.05) is 9.80 Å². The summed E-state index contributed by atoms with van der Waals surface area (Å²) in [5.41, 5.74) is 2.05. The molecule has 0 amide bonds. The van der Waals surface area contributed by atoms with Gasteiger partial charge in [-0.2, -0.15) is 15.8 Å². The number of rotatable bonds is 6. The maximum Gasteiger partial charge on any atom is 0.306 e. The molecule has 12 nitrogen and oxygen atoms in total. The van der Waals surface area contributed by atoms with Crippen molar-refractivity contribution in [1.29, 1.82) is 15.8 Å². The number of hydrogen-bond acceptors (Lipinski definition) is 9. The summed E-state index contributed by atoms with van der Waals surface area (Å²) >= 11 is 0. The first-order valence-corrected chi connectivity index (χ1v) is 16.8. The van der Waals surface area contributed by atoms with Gasteiger partial charge in [-0.15, -0.1) is 9.97 Å². The molecular weight excluding hydrogens is 697 g/mol. The van der Waals surface area contributed by atoms with Crippen LogP contribution >= 0.6 is 0 Å². The van der Waals surface area contributed by atoms with Crippen LogP contribution in [0.15, 0.2) is 121 Å². The largest absolute Gasteiger partial charge is 0.360 e. The van der Waals surface area contributed by atoms with Gasteiger partial charge in [0.1, 0.15) is 34.8 Å². The normalized spacial score (nSPS) is 10.4. The molecule has 0 radical (unpaired) electrons. The van der Waals surface area contributed by atoms with E-state index in [4.69, 9.17) is 29.7 Å². The van der Waals surface area contributed by atoms with Crippen molar-refractivity contribution in [2.24, 2.45) is 0 Å². The molecule has 56 heavy (non-hydrogen) atoms. The fourth-order valence-corrected chi connectivity index (χ4v) is 6.73. The SMILES string of the molecule is [C-]#[N+]c1nc2c(nc1C#N)c1c(C#N)c(C#N)c(N(c3ccccc3)c3ccccc3)nc1c1nc([N+]#[C-])c(N(c3ccccc3)c3ccccc3)c([N+]#[C-])c21. The smallest absolute Gasteiger partial charge is 0.306 e. The lowest BCUT2D eigenvalue weighted by molar-refractivity contribution is 1.19. The van der Waals surface area contributed by atoms with E-state index in [1.807, 2.05) is 127 Å². The van der Waals surface area contributed by atoms with Gasteiger partial charge >= 0.3 is 5.82 Å². The highest BCUT2D eigenvalue weighted by Crippen LogP contribution is 2.52. The van der Waals surface area contributed by atoms with Gasteiger partial charge in [-0.05, 0) is 48.5 Å². The van der Waals surface area contributed by atoms with Crippen molar-refractivity contribution in [3.05, 3.63) is 172 Å². The molecule has 0 bridgehead atoms. The zero-order valence-electron chi connectivity index (χ0n) is 28.9. The Balaban J connectivity index is 1.63. The van der Waals surface area contributed by atoms with Crippen LogP contribution in [0.25, 0.3) is 47.4 Å². The highest BCUT2D eigenvalue weighted by molar-refractivity contribution is 6.28. The van der Waals surface area contributed by atoms with Gasteiger partial charge in [0.2, 0.25) is 5.69 Å². The molecule has 0 fully saturated rings. The van der Waals surface area contributed by atoms with E-state index in [2.05, 4.69) is 36.6 Å². The van der Waals surface area contributed by atoms with Crippen molar-refractivity contribution in [1.82, 2.24) is 19.9 Å². The first-order valence-electron chi connectivity index (χ1n) is 16.8. The minimum absolute atomic E-state index is 0.0206. The quantitative estimate of drug-likeness (QED) is 0.121. The average molecular weight is 717 g/mol. The third kappa shape index (κ3) is 5.35. The van der Waals surface area contributed by atoms with Crippen molar-refractivity contribution in [3.63, 3.8) is 0 Å². The topological polar surface area (TPSA) is 142 Å². The molecule has 3 aromatic heterocycles. The molecule has 0 spiro atoms. The summed E-state index contributed by atoms with van der Waals surface area (Å²) in [4.78, 5) is 34.0. The zero-order chi connectivity index (χ0) is 38.8. The lowest BCUT2D eigenvalue weighted by Gasteiger charge is -2.28. The fourth-order valence-electron chi connectivity index (χ4n) is 6.73. The first-order chi connectivity index (χ1) is 27.6. The monoisotopic (exact) mass is 716 g/mol. The van der Waals surface area contributed by atoms with Gasteiger partial charge < -0.3 is 14.6 Å². The van der Waals surface area contributed by atoms with E-state index in [1.165, 1.54) is 0 Å². The molecule has 0 aliphatic heterocycles. The summed E-state index contributed by atoms with van der Waals surface area (Å²) in [6, 6.07) is 43.1. The number of hydrogen-bond donors (Lipinski definition) is 0. The first kappa shape index (κ1) is 33.9. The summed E-state index contributed by atoms with van der Waals surface area (Å²) in [6.45, 7) is 24.9. The van der Waals surface area contributed by atoms with Crippen LogP contribution in [0.2, 0.25) is 0 Å². The molecule has 8 aromatic rings. The Morgan fingerprint density at radius 1 is 0.446 bits per heavy atom. The van der Waals surface area contributed by atoms with Crippen molar-refractivity contribution in [3.8, 4) is 18.2 Å². The second-order valence-corrected chi connectivity index (χ2v) is 12.0. The van der Waals surface area contributed by atoms with Crippen LogP contribution in [0.3, 0.4) is 0 Å². The molecule has 12 heteroatoms. The number of aromatic nitrogens is 4. The Bertz CT molecular complexity index is 3070. The maximum atomic E-state index is 10.9. The lowest BCUT2D eigenvalue weighted by atomic mass is 9.97. The standard InChI is InChI=1S/C44H20N12/c1-48-40-35-38-36(51-33(26-47)42(49-2)52-38)34-31(24-45)32(25-46)44(56(29-20-12-6-13-21-29)30-22-14-7-15-23-30)54-37(34)39(35)53-43(50-3)41(40)55(27-16-8-4-9-17-27)28-18-10-5-11-19-28/h4-23H. The molecule has 0 unspecified atom stereocenters. The Kier molecular flexibility index (Phi) is 8.53. The van der Waals surface area contributed by atoms with Crippen LogP contribution in [0, 0.1) is 53.7 Å². The molecular formula is C44H20N12. The van der Waals surface area contributed by atoms with Crippen LogP contribution in [0.5, 0.6) is 0 Å². The van der Waals surface area contributed by atoms with E-state index in [0.29, 0.717) is 22.7 Å². The summed E-state index contributed by atoms with van der Waals surface area (Å²) in [7, 11) is 0. The van der Waals surface area contributed by atoms with Crippen LogP contribution in [-0.4, -0.2) is 19.9 Å². The molecule has 0 aliphatic carbocycles. The van der Waals surface area contributed by atoms with Crippen LogP contribution in [0.1, 0.15) is 16.8 Å². The molecule has 5 aromatic carbocycles. The molecule has 0 atom stereocenters. The van der Waals surface area contributed by atoms with Crippen LogP contribution in [-0.2, 0) is 0 Å². The molecule has 0 saturated carbocycles. The van der Waals surface area contributed by atoms with E-state index in [-0.39, 0.29) is 78.5 Å². The van der Waals surface area contributed by atoms with E-state index < -0.39 is 0 Å². The summed E-state index contributed by atoms with van der Waals surface area (Å²) in [6.07, 6.45) is 0. The minimum Gasteiger partial charge on any atom is -0.360 e. The highest BCUT2D eigenvalue weighted by atomic mass is 15.2. The summed E-state index contributed by atoms with van der Waals surface area (Å²) < 4.78 is 0. The van der Waals surface area contributed by atoms with E-state index in [1.54, 1.807) is 9.80 Å². The number of nitrogens with zero attached hydrogens (tertiary/aromatic N) is 12. The predicted octanol–water partition coefficient (Wildman–Crippen LogP) is 10.9. The van der Waals surface area contributed by atoms with Crippen molar-refractivity contribution in [2.45, 2.75) is 0 Å². The Morgan fingerprint density at radius 2 is 0.875 bits per heavy atom. The molecule has 8 rings (SSSR count). The number of pyridine rings is 2. The predicted molar refractivity (Wildman–Crippen MR) is 212 cm³/mol. The molecule has 0 aliphatic rings. The van der Waals surface area contributed by atoms with E-state index in [0.717, 1.165) is 0 Å². The number of anilines is 6. The van der Waals surface area contributed by atoms with E-state index >= 15 is 0 Å². The van der Waals surface area contributed by atoms with Crippen LogP contribution < -0.4 is 9.80 Å². The fraction of sp³-hybridized carbons (Fsp3) is 0. The number of para-hydroxylation sites is 4. The minimum atomic E-state index is -0.335. The van der Waals surface area contributed by atoms with Gasteiger partial charge in [0.05, 0.1) is 28.6 Å². The van der Waals surface area contributed by atoms with Gasteiger partial charge in [-0.25, -0.2) is 14.8 Å². The highest BCUT2D eigenvalue weighted by Gasteiger charge is 2.33. The molecule has 0 N–H and O–H groups in total. The third-order valence-corrected chi connectivity index (χ3v) is 9.03. The second-order valence-electron chi connectivity index (χ2n) is 12.0. The van der Waals surface area contributed by atoms with Crippen molar-refractivity contribution < 1.29 is 0 Å². The number of fused-ring (bicyclic) bond motifs is 6. The Hall–Kier alpha value is -9.20. The Morgan fingerprint density at radius 3 is 1.30 bits per heavy atom. The molecule has 0 saturated heterocycles. The summed E-state index contributed by atoms with van der Waals surface area (Å²) in [5, 5.41) is 31.9. The molecule has 256 valence electrons. The lowest BCUT2D eigenvalue weighted by Crippen LogP contribution is -2.15. The van der Waals surface area contributed by atoms with Gasteiger partial charge in [-0.1, -0.05) is 85.9 Å². The number of benzene rings is 5. The molecule has 3 heterocycles.